The van der Waals surface area contributed by atoms with Crippen LogP contribution in [0.2, 0.25) is 0 Å². The number of fused-ring (bicyclic) bond motifs is 3. The summed E-state index contributed by atoms with van der Waals surface area (Å²) < 4.78 is 5.49. The molecule has 0 saturated carbocycles. The van der Waals surface area contributed by atoms with Crippen molar-refractivity contribution in [2.45, 2.75) is 25.3 Å². The minimum Gasteiger partial charge on any atom is -0.494 e. The normalized spacial score (nSPS) is 21.8. The summed E-state index contributed by atoms with van der Waals surface area (Å²) in [7, 11) is 0. The van der Waals surface area contributed by atoms with Gasteiger partial charge in [0.2, 0.25) is 0 Å². The Kier molecular flexibility index (Phi) is 5.10. The monoisotopic (exact) mass is 394 g/mol. The Morgan fingerprint density at radius 2 is 1.80 bits per heavy atom. The molecule has 0 fully saturated rings. The van der Waals surface area contributed by atoms with Gasteiger partial charge in [0.15, 0.2) is 0 Å². The molecule has 0 spiro atoms. The molecular formula is C27H26N2O. The first kappa shape index (κ1) is 18.7. The maximum absolute atomic E-state index is 5.49. The quantitative estimate of drug-likeness (QED) is 0.388. The Balaban J connectivity index is 1.33. The number of nitrogens with one attached hydrogen (secondary N) is 1. The van der Waals surface area contributed by atoms with Gasteiger partial charge in [0.05, 0.1) is 18.3 Å². The van der Waals surface area contributed by atoms with Crippen LogP contribution in [0.4, 0.5) is 11.4 Å². The van der Waals surface area contributed by atoms with Gasteiger partial charge in [-0.25, -0.2) is 0 Å². The SMILES string of the molecule is CCOc1ccc(C=Nc2ccc([C@@H]3Nc4ccccc4[C@@H]4C=CC[C@H]43)cc2)cc1. The predicted molar refractivity (Wildman–Crippen MR) is 124 cm³/mol. The van der Waals surface area contributed by atoms with Gasteiger partial charge in [0.1, 0.15) is 5.75 Å². The van der Waals surface area contributed by atoms with E-state index < -0.39 is 0 Å². The van der Waals surface area contributed by atoms with Crippen LogP contribution in [-0.4, -0.2) is 12.8 Å². The van der Waals surface area contributed by atoms with E-state index >= 15 is 0 Å². The predicted octanol–water partition coefficient (Wildman–Crippen LogP) is 6.66. The van der Waals surface area contributed by atoms with Gasteiger partial charge < -0.3 is 10.1 Å². The van der Waals surface area contributed by atoms with Gasteiger partial charge in [-0.3, -0.25) is 4.99 Å². The molecule has 3 aromatic carbocycles. The number of allylic oxidation sites excluding steroid dienone is 2. The zero-order chi connectivity index (χ0) is 20.3. The highest BCUT2D eigenvalue weighted by atomic mass is 16.5. The molecule has 0 radical (unpaired) electrons. The van der Waals surface area contributed by atoms with Gasteiger partial charge in [-0.2, -0.15) is 0 Å². The van der Waals surface area contributed by atoms with E-state index in [1.165, 1.54) is 16.8 Å². The Morgan fingerprint density at radius 3 is 2.60 bits per heavy atom. The highest BCUT2D eigenvalue weighted by Crippen LogP contribution is 2.49. The summed E-state index contributed by atoms with van der Waals surface area (Å²) in [6.45, 7) is 2.67. The minimum atomic E-state index is 0.323. The molecule has 2 aliphatic rings. The molecule has 1 aliphatic heterocycles. The number of anilines is 1. The van der Waals surface area contributed by atoms with Gasteiger partial charge in [-0.1, -0.05) is 42.5 Å². The number of nitrogens with zero attached hydrogens (tertiary/aromatic N) is 1. The third-order valence-corrected chi connectivity index (χ3v) is 6.08. The van der Waals surface area contributed by atoms with E-state index in [0.717, 1.165) is 23.4 Å². The van der Waals surface area contributed by atoms with Crippen LogP contribution in [0, 0.1) is 5.92 Å². The second kappa shape index (κ2) is 8.19. The molecule has 3 heteroatoms. The van der Waals surface area contributed by atoms with E-state index in [2.05, 4.69) is 71.0 Å². The largest absolute Gasteiger partial charge is 0.494 e. The van der Waals surface area contributed by atoms with E-state index in [4.69, 9.17) is 4.74 Å². The summed E-state index contributed by atoms with van der Waals surface area (Å²) in [5, 5.41) is 3.79. The number of hydrogen-bond donors (Lipinski definition) is 1. The Hall–Kier alpha value is -3.33. The van der Waals surface area contributed by atoms with E-state index in [-0.39, 0.29) is 0 Å². The lowest BCUT2D eigenvalue weighted by molar-refractivity contribution is 0.340. The van der Waals surface area contributed by atoms with Crippen molar-refractivity contribution >= 4 is 17.6 Å². The molecule has 5 rings (SSSR count). The van der Waals surface area contributed by atoms with Crippen molar-refractivity contribution < 1.29 is 4.74 Å². The van der Waals surface area contributed by atoms with Crippen molar-refractivity contribution in [3.63, 3.8) is 0 Å². The second-order valence-corrected chi connectivity index (χ2v) is 7.91. The molecule has 0 aromatic heterocycles. The lowest BCUT2D eigenvalue weighted by Gasteiger charge is -2.37. The first-order valence-corrected chi connectivity index (χ1v) is 10.7. The molecule has 0 saturated heterocycles. The van der Waals surface area contributed by atoms with Crippen molar-refractivity contribution in [3.8, 4) is 5.75 Å². The van der Waals surface area contributed by atoms with Crippen molar-refractivity contribution in [2.75, 3.05) is 11.9 Å². The maximum Gasteiger partial charge on any atom is 0.119 e. The lowest BCUT2D eigenvalue weighted by Crippen LogP contribution is -2.28. The molecule has 30 heavy (non-hydrogen) atoms. The van der Waals surface area contributed by atoms with E-state index in [9.17, 15) is 0 Å². The van der Waals surface area contributed by atoms with Crippen LogP contribution < -0.4 is 10.1 Å². The van der Waals surface area contributed by atoms with Gasteiger partial charge in [-0.15, -0.1) is 0 Å². The van der Waals surface area contributed by atoms with Crippen LogP contribution in [0.5, 0.6) is 5.75 Å². The van der Waals surface area contributed by atoms with Crippen LogP contribution in [0.1, 0.15) is 42.0 Å². The van der Waals surface area contributed by atoms with E-state index in [0.29, 0.717) is 24.5 Å². The molecule has 0 bridgehead atoms. The number of ether oxygens (including phenoxy) is 1. The van der Waals surface area contributed by atoms with Crippen molar-refractivity contribution in [3.05, 3.63) is 102 Å². The topological polar surface area (TPSA) is 33.6 Å². The summed E-state index contributed by atoms with van der Waals surface area (Å²) in [5.74, 6) is 1.96. The number of para-hydroxylation sites is 1. The third-order valence-electron chi connectivity index (χ3n) is 6.08. The molecule has 1 N–H and O–H groups in total. The summed E-state index contributed by atoms with van der Waals surface area (Å²) in [6, 6.07) is 25.7. The zero-order valence-electron chi connectivity index (χ0n) is 17.2. The molecule has 3 aromatic rings. The second-order valence-electron chi connectivity index (χ2n) is 7.91. The fraction of sp³-hybridized carbons (Fsp3) is 0.222. The lowest BCUT2D eigenvalue weighted by atomic mass is 9.77. The molecule has 0 unspecified atom stereocenters. The average molecular weight is 395 g/mol. The number of hydrogen-bond acceptors (Lipinski definition) is 3. The minimum absolute atomic E-state index is 0.323. The average Bonchev–Trinajstić information content (AvgIpc) is 3.29. The Bertz CT molecular complexity index is 1070. The van der Waals surface area contributed by atoms with Crippen molar-refractivity contribution in [1.29, 1.82) is 0 Å². The molecule has 0 amide bonds. The molecule has 150 valence electrons. The van der Waals surface area contributed by atoms with E-state index in [1.54, 1.807) is 0 Å². The first-order chi connectivity index (χ1) is 14.8. The van der Waals surface area contributed by atoms with E-state index in [1.807, 2.05) is 37.4 Å². The van der Waals surface area contributed by atoms with Gasteiger partial charge in [0, 0.05) is 17.8 Å². The maximum atomic E-state index is 5.49. The fourth-order valence-corrected chi connectivity index (χ4v) is 4.61. The van der Waals surface area contributed by atoms with Crippen LogP contribution in [0.25, 0.3) is 0 Å². The first-order valence-electron chi connectivity index (χ1n) is 10.7. The Morgan fingerprint density at radius 1 is 1.00 bits per heavy atom. The summed E-state index contributed by atoms with van der Waals surface area (Å²) in [6.07, 6.45) is 7.74. The fourth-order valence-electron chi connectivity index (χ4n) is 4.61. The molecular weight excluding hydrogens is 368 g/mol. The standard InChI is InChI=1S/C27H26N2O/c1-2-30-22-16-10-19(11-17-22)18-28-21-14-12-20(13-15-21)27-25-8-5-7-23(25)24-6-3-4-9-26(24)29-27/h3-7,9-18,23,25,27,29H,2,8H2,1H3/t23-,25+,27-/m0/s1. The smallest absolute Gasteiger partial charge is 0.119 e. The zero-order valence-corrected chi connectivity index (χ0v) is 17.2. The Labute approximate surface area is 178 Å². The van der Waals surface area contributed by atoms with Crippen LogP contribution in [-0.2, 0) is 0 Å². The van der Waals surface area contributed by atoms with Crippen molar-refractivity contribution in [2.24, 2.45) is 10.9 Å². The molecule has 3 atom stereocenters. The summed E-state index contributed by atoms with van der Waals surface area (Å²) in [5.41, 5.74) is 6.03. The summed E-state index contributed by atoms with van der Waals surface area (Å²) >= 11 is 0. The number of benzene rings is 3. The molecule has 3 nitrogen and oxygen atoms in total. The van der Waals surface area contributed by atoms with Gasteiger partial charge >= 0.3 is 0 Å². The molecule has 1 aliphatic carbocycles. The van der Waals surface area contributed by atoms with Crippen LogP contribution >= 0.6 is 0 Å². The van der Waals surface area contributed by atoms with Crippen LogP contribution in [0.15, 0.2) is 89.9 Å². The van der Waals surface area contributed by atoms with Crippen molar-refractivity contribution in [1.82, 2.24) is 0 Å². The highest BCUT2D eigenvalue weighted by Gasteiger charge is 2.37. The third kappa shape index (κ3) is 3.63. The summed E-state index contributed by atoms with van der Waals surface area (Å²) in [4.78, 5) is 4.64. The van der Waals surface area contributed by atoms with Gasteiger partial charge in [0.25, 0.3) is 0 Å². The number of aliphatic imine (C=N–C) groups is 1. The molecule has 1 heterocycles. The van der Waals surface area contributed by atoms with Crippen LogP contribution in [0.3, 0.4) is 0 Å². The van der Waals surface area contributed by atoms with Gasteiger partial charge in [-0.05, 0) is 78.4 Å². The number of rotatable bonds is 5. The highest BCUT2D eigenvalue weighted by molar-refractivity contribution is 5.82.